The molecule has 0 fully saturated rings. The average molecular weight is 466 g/mol. The Kier molecular flexibility index (Phi) is 6.21. The summed E-state index contributed by atoms with van der Waals surface area (Å²) in [6.45, 7) is 1.40. The fourth-order valence-corrected chi connectivity index (χ4v) is 4.55. The number of carbonyl (C=O) groups excluding carboxylic acids is 2. The lowest BCUT2D eigenvalue weighted by Crippen LogP contribution is -2.17. The smallest absolute Gasteiger partial charge is 0.272 e. The fourth-order valence-electron chi connectivity index (χ4n) is 2.71. The molecule has 2 aromatic carbocycles. The highest BCUT2D eigenvalue weighted by Gasteiger charge is 2.21. The number of ketones is 1. The normalized spacial score (nSPS) is 11.2. The molecule has 10 heteroatoms. The van der Waals surface area contributed by atoms with E-state index in [9.17, 15) is 18.0 Å². The van der Waals surface area contributed by atoms with Gasteiger partial charge in [0.05, 0.1) is 15.7 Å². The van der Waals surface area contributed by atoms with E-state index in [2.05, 4.69) is 10.0 Å². The van der Waals surface area contributed by atoms with Crippen LogP contribution in [0, 0.1) is 0 Å². The van der Waals surface area contributed by atoms with Crippen LogP contribution >= 0.6 is 23.2 Å². The second-order valence-electron chi connectivity index (χ2n) is 6.47. The lowest BCUT2D eigenvalue weighted by Gasteiger charge is -2.13. The quantitative estimate of drug-likeness (QED) is 0.520. The molecule has 0 saturated heterocycles. The molecule has 1 amide bonds. The highest BCUT2D eigenvalue weighted by molar-refractivity contribution is 7.92. The number of hydrogen-bond acceptors (Lipinski definition) is 4. The van der Waals surface area contributed by atoms with Crippen LogP contribution in [0.3, 0.4) is 0 Å². The van der Waals surface area contributed by atoms with E-state index >= 15 is 0 Å². The molecule has 0 aliphatic heterocycles. The van der Waals surface area contributed by atoms with Gasteiger partial charge < -0.3 is 9.88 Å². The van der Waals surface area contributed by atoms with E-state index in [4.69, 9.17) is 23.2 Å². The van der Waals surface area contributed by atoms with Gasteiger partial charge in [0.25, 0.3) is 15.9 Å². The van der Waals surface area contributed by atoms with Crippen LogP contribution in [0.2, 0.25) is 10.0 Å². The molecule has 156 valence electrons. The first-order chi connectivity index (χ1) is 14.1. The zero-order valence-corrected chi connectivity index (χ0v) is 18.3. The Hall–Kier alpha value is -2.81. The number of hydrogen-bond donors (Lipinski definition) is 2. The van der Waals surface area contributed by atoms with Crippen molar-refractivity contribution in [3.8, 4) is 0 Å². The molecule has 0 aliphatic rings. The van der Waals surface area contributed by atoms with Crippen molar-refractivity contribution in [1.29, 1.82) is 0 Å². The molecule has 0 spiro atoms. The van der Waals surface area contributed by atoms with Gasteiger partial charge in [-0.1, -0.05) is 35.3 Å². The molecule has 0 saturated carbocycles. The summed E-state index contributed by atoms with van der Waals surface area (Å²) in [7, 11) is -2.44. The summed E-state index contributed by atoms with van der Waals surface area (Å²) in [6, 6.07) is 11.9. The van der Waals surface area contributed by atoms with Gasteiger partial charge >= 0.3 is 0 Å². The number of benzene rings is 2. The zero-order chi connectivity index (χ0) is 22.1. The summed E-state index contributed by atoms with van der Waals surface area (Å²) in [6.07, 6.45) is 1.54. The van der Waals surface area contributed by atoms with E-state index in [1.807, 2.05) is 0 Å². The minimum atomic E-state index is -4.07. The maximum absolute atomic E-state index is 12.8. The lowest BCUT2D eigenvalue weighted by atomic mass is 10.2. The minimum absolute atomic E-state index is 0.0229. The van der Waals surface area contributed by atoms with Crippen LogP contribution in [0.1, 0.15) is 27.8 Å². The highest BCUT2D eigenvalue weighted by atomic mass is 35.5. The van der Waals surface area contributed by atoms with Crippen LogP contribution in [0.25, 0.3) is 0 Å². The number of halogens is 2. The van der Waals surface area contributed by atoms with E-state index in [1.54, 1.807) is 31.4 Å². The van der Waals surface area contributed by atoms with Crippen LogP contribution in [-0.4, -0.2) is 24.7 Å². The Bertz CT molecular complexity index is 1250. The number of sulfonamides is 1. The maximum Gasteiger partial charge on any atom is 0.272 e. The monoisotopic (exact) mass is 465 g/mol. The summed E-state index contributed by atoms with van der Waals surface area (Å²) in [4.78, 5) is 23.9. The maximum atomic E-state index is 12.8. The molecular weight excluding hydrogens is 449 g/mol. The number of nitrogens with one attached hydrogen (secondary N) is 2. The van der Waals surface area contributed by atoms with Gasteiger partial charge in [0, 0.05) is 24.5 Å². The van der Waals surface area contributed by atoms with Gasteiger partial charge in [-0.05, 0) is 43.3 Å². The van der Waals surface area contributed by atoms with Crippen LogP contribution < -0.4 is 10.0 Å². The van der Waals surface area contributed by atoms with Crippen LogP contribution in [-0.2, 0) is 17.1 Å². The van der Waals surface area contributed by atoms with E-state index in [0.29, 0.717) is 5.56 Å². The van der Waals surface area contributed by atoms with E-state index in [-0.39, 0.29) is 37.8 Å². The molecule has 1 heterocycles. The number of nitrogens with zero attached hydrogens (tertiary/aromatic N) is 1. The Morgan fingerprint density at radius 2 is 1.70 bits per heavy atom. The molecule has 0 unspecified atom stereocenters. The molecule has 3 rings (SSSR count). The third-order valence-electron chi connectivity index (χ3n) is 4.24. The molecule has 7 nitrogen and oxygen atoms in total. The number of carbonyl (C=O) groups is 2. The minimum Gasteiger partial charge on any atom is -0.346 e. The molecule has 1 aromatic heterocycles. The van der Waals surface area contributed by atoms with Crippen LogP contribution in [0.15, 0.2) is 59.6 Å². The molecule has 0 aliphatic carbocycles. The largest absolute Gasteiger partial charge is 0.346 e. The molecule has 0 radical (unpaired) electrons. The average Bonchev–Trinajstić information content (AvgIpc) is 3.07. The number of aromatic nitrogens is 1. The van der Waals surface area contributed by atoms with Crippen molar-refractivity contribution in [2.24, 2.45) is 7.05 Å². The Morgan fingerprint density at radius 1 is 1.00 bits per heavy atom. The number of Topliss-reactive ketones (excluding diaryl/α,β-unsaturated/α-hetero) is 1. The van der Waals surface area contributed by atoms with Gasteiger partial charge in [0.15, 0.2) is 5.78 Å². The molecule has 0 atom stereocenters. The number of amides is 1. The van der Waals surface area contributed by atoms with Crippen molar-refractivity contribution >= 4 is 56.3 Å². The van der Waals surface area contributed by atoms with Gasteiger partial charge in [-0.15, -0.1) is 0 Å². The Labute approximate surface area is 183 Å². The first-order valence-electron chi connectivity index (χ1n) is 8.64. The third-order valence-corrected chi connectivity index (χ3v) is 6.42. The molecule has 2 N–H and O–H groups in total. The molecule has 3 aromatic rings. The summed E-state index contributed by atoms with van der Waals surface area (Å²) in [5, 5.41) is 2.82. The van der Waals surface area contributed by atoms with E-state index in [0.717, 1.165) is 0 Å². The standard InChI is InChI=1S/C20H17Cl2N3O4S/c1-12(26)13-9-18(25(2)11-13)20(27)23-14-7-8-16(22)19(10-14)30(28,29)24-17-6-4-3-5-15(17)21/h3-11,24H,1-2H3,(H,23,27). The second kappa shape index (κ2) is 8.51. The van der Waals surface area contributed by atoms with Crippen LogP contribution in [0.5, 0.6) is 0 Å². The molecular formula is C20H17Cl2N3O4S. The Balaban J connectivity index is 1.89. The SMILES string of the molecule is CC(=O)c1cc(C(=O)Nc2ccc(Cl)c(S(=O)(=O)Nc3ccccc3Cl)c2)n(C)c1. The third kappa shape index (κ3) is 4.67. The molecule has 0 bridgehead atoms. The first-order valence-corrected chi connectivity index (χ1v) is 10.9. The number of para-hydroxylation sites is 1. The number of anilines is 2. The number of rotatable bonds is 6. The zero-order valence-electron chi connectivity index (χ0n) is 15.9. The fraction of sp³-hybridized carbons (Fsp3) is 0.100. The van der Waals surface area contributed by atoms with Crippen molar-refractivity contribution < 1.29 is 18.0 Å². The topological polar surface area (TPSA) is 97.3 Å². The predicted molar refractivity (Wildman–Crippen MR) is 117 cm³/mol. The summed E-state index contributed by atoms with van der Waals surface area (Å²) in [5.41, 5.74) is 1.06. The molecule has 30 heavy (non-hydrogen) atoms. The lowest BCUT2D eigenvalue weighted by molar-refractivity contribution is 0.101. The van der Waals surface area contributed by atoms with Crippen molar-refractivity contribution in [3.05, 3.63) is 76.0 Å². The summed E-state index contributed by atoms with van der Waals surface area (Å²) in [5.74, 6) is -0.676. The van der Waals surface area contributed by atoms with Gasteiger partial charge in [0.1, 0.15) is 10.6 Å². The van der Waals surface area contributed by atoms with Crippen molar-refractivity contribution in [3.63, 3.8) is 0 Å². The van der Waals surface area contributed by atoms with Crippen molar-refractivity contribution in [2.75, 3.05) is 10.0 Å². The van der Waals surface area contributed by atoms with Crippen molar-refractivity contribution in [1.82, 2.24) is 4.57 Å². The number of aryl methyl sites for hydroxylation is 1. The van der Waals surface area contributed by atoms with Crippen molar-refractivity contribution in [2.45, 2.75) is 11.8 Å². The van der Waals surface area contributed by atoms with E-state index in [1.165, 1.54) is 41.8 Å². The van der Waals surface area contributed by atoms with E-state index < -0.39 is 15.9 Å². The predicted octanol–water partition coefficient (Wildman–Crippen LogP) is 4.59. The van der Waals surface area contributed by atoms with Gasteiger partial charge in [0.2, 0.25) is 0 Å². The van der Waals surface area contributed by atoms with Crippen LogP contribution in [0.4, 0.5) is 11.4 Å². The van der Waals surface area contributed by atoms with Gasteiger partial charge in [-0.25, -0.2) is 8.42 Å². The highest BCUT2D eigenvalue weighted by Crippen LogP contribution is 2.29. The Morgan fingerprint density at radius 3 is 2.33 bits per heavy atom. The summed E-state index contributed by atoms with van der Waals surface area (Å²) < 4.78 is 29.5. The second-order valence-corrected chi connectivity index (χ2v) is 8.93. The first kappa shape index (κ1) is 21.9. The summed E-state index contributed by atoms with van der Waals surface area (Å²) >= 11 is 12.1. The van der Waals surface area contributed by atoms with Gasteiger partial charge in [-0.3, -0.25) is 14.3 Å². The van der Waals surface area contributed by atoms with Gasteiger partial charge in [-0.2, -0.15) is 0 Å².